The van der Waals surface area contributed by atoms with Crippen LogP contribution >= 0.6 is 22.9 Å². The maximum Gasteiger partial charge on any atom is 0.256 e. The van der Waals surface area contributed by atoms with Crippen molar-refractivity contribution in [3.05, 3.63) is 58.9 Å². The second kappa shape index (κ2) is 8.44. The molecule has 0 unspecified atom stereocenters. The molecule has 0 saturated carbocycles. The Morgan fingerprint density at radius 2 is 1.90 bits per heavy atom. The van der Waals surface area contributed by atoms with E-state index >= 15 is 0 Å². The Morgan fingerprint density at radius 3 is 2.66 bits per heavy atom. The van der Waals surface area contributed by atoms with Gasteiger partial charge in [-0.1, -0.05) is 35.1 Å². The highest BCUT2D eigenvalue weighted by atomic mass is 35.5. The monoisotopic (exact) mass is 432 g/mol. The number of rotatable bonds is 4. The van der Waals surface area contributed by atoms with Crippen LogP contribution < -0.4 is 5.32 Å². The summed E-state index contributed by atoms with van der Waals surface area (Å²) in [6.45, 7) is 2.10. The maximum atomic E-state index is 13.9. The lowest BCUT2D eigenvalue weighted by atomic mass is 10.1. The molecule has 0 radical (unpaired) electrons. The molecule has 2 heterocycles. The van der Waals surface area contributed by atoms with Crippen LogP contribution in [0.3, 0.4) is 0 Å². The second-order valence-corrected chi connectivity index (χ2v) is 8.19. The SMILES string of the molecule is O=C(CN1CCN(C(=O)c2cc(Cl)ccc2F)CC1)Nc1nc2ccccc2s1. The van der Waals surface area contributed by atoms with Crippen molar-refractivity contribution in [3.8, 4) is 0 Å². The van der Waals surface area contributed by atoms with Crippen molar-refractivity contribution < 1.29 is 14.0 Å². The number of carbonyl (C=O) groups excluding carboxylic acids is 2. The number of hydrogen-bond donors (Lipinski definition) is 1. The van der Waals surface area contributed by atoms with Gasteiger partial charge >= 0.3 is 0 Å². The first-order chi connectivity index (χ1) is 14.0. The number of nitrogens with zero attached hydrogens (tertiary/aromatic N) is 3. The molecule has 2 amide bonds. The summed E-state index contributed by atoms with van der Waals surface area (Å²) in [5.41, 5.74) is 0.827. The first kappa shape index (κ1) is 19.8. The molecule has 1 aromatic heterocycles. The van der Waals surface area contributed by atoms with E-state index in [1.165, 1.54) is 29.5 Å². The van der Waals surface area contributed by atoms with Crippen LogP contribution in [0.2, 0.25) is 5.02 Å². The molecular weight excluding hydrogens is 415 g/mol. The van der Waals surface area contributed by atoms with Gasteiger partial charge in [-0.05, 0) is 30.3 Å². The van der Waals surface area contributed by atoms with Crippen molar-refractivity contribution in [2.45, 2.75) is 0 Å². The van der Waals surface area contributed by atoms with Crippen LogP contribution in [0, 0.1) is 5.82 Å². The molecule has 150 valence electrons. The number of halogens is 2. The average Bonchev–Trinajstić information content (AvgIpc) is 3.12. The van der Waals surface area contributed by atoms with Crippen molar-refractivity contribution in [2.24, 2.45) is 0 Å². The Labute approximate surface area is 175 Å². The van der Waals surface area contributed by atoms with Gasteiger partial charge in [0.15, 0.2) is 5.13 Å². The minimum absolute atomic E-state index is 0.0282. The zero-order valence-corrected chi connectivity index (χ0v) is 17.0. The van der Waals surface area contributed by atoms with Crippen LogP contribution in [-0.2, 0) is 4.79 Å². The third kappa shape index (κ3) is 4.55. The molecule has 0 spiro atoms. The van der Waals surface area contributed by atoms with E-state index in [0.29, 0.717) is 36.3 Å². The Morgan fingerprint density at radius 1 is 1.14 bits per heavy atom. The van der Waals surface area contributed by atoms with Gasteiger partial charge in [-0.3, -0.25) is 14.5 Å². The molecule has 1 N–H and O–H groups in total. The molecule has 1 aliphatic heterocycles. The number of thiazole rings is 1. The molecule has 2 aromatic carbocycles. The van der Waals surface area contributed by atoms with Crippen molar-refractivity contribution >= 4 is 50.1 Å². The predicted molar refractivity (Wildman–Crippen MR) is 112 cm³/mol. The zero-order valence-electron chi connectivity index (χ0n) is 15.4. The summed E-state index contributed by atoms with van der Waals surface area (Å²) in [5.74, 6) is -1.12. The van der Waals surface area contributed by atoms with Gasteiger partial charge < -0.3 is 10.2 Å². The first-order valence-corrected chi connectivity index (χ1v) is 10.3. The zero-order chi connectivity index (χ0) is 20.4. The summed E-state index contributed by atoms with van der Waals surface area (Å²) >= 11 is 7.31. The van der Waals surface area contributed by atoms with Crippen LogP contribution in [0.25, 0.3) is 10.2 Å². The van der Waals surface area contributed by atoms with E-state index in [1.54, 1.807) is 4.90 Å². The fourth-order valence-electron chi connectivity index (χ4n) is 3.23. The molecule has 1 aliphatic rings. The van der Waals surface area contributed by atoms with Gasteiger partial charge in [0.05, 0.1) is 22.3 Å². The Kier molecular flexibility index (Phi) is 5.75. The molecule has 0 bridgehead atoms. The van der Waals surface area contributed by atoms with Crippen LogP contribution in [0.1, 0.15) is 10.4 Å². The molecular formula is C20H18ClFN4O2S. The number of anilines is 1. The van der Waals surface area contributed by atoms with Crippen molar-refractivity contribution in [2.75, 3.05) is 38.0 Å². The Hall–Kier alpha value is -2.55. The lowest BCUT2D eigenvalue weighted by Gasteiger charge is -2.34. The quantitative estimate of drug-likeness (QED) is 0.685. The number of amides is 2. The summed E-state index contributed by atoms with van der Waals surface area (Å²) < 4.78 is 15.0. The number of hydrogen-bond acceptors (Lipinski definition) is 5. The molecule has 1 saturated heterocycles. The molecule has 29 heavy (non-hydrogen) atoms. The van der Waals surface area contributed by atoms with Gasteiger partial charge in [0.25, 0.3) is 5.91 Å². The van der Waals surface area contributed by atoms with E-state index in [0.717, 1.165) is 10.2 Å². The molecule has 3 aromatic rings. The number of para-hydroxylation sites is 1. The van der Waals surface area contributed by atoms with Crippen LogP contribution in [0.5, 0.6) is 0 Å². The van der Waals surface area contributed by atoms with E-state index < -0.39 is 5.82 Å². The molecule has 0 aliphatic carbocycles. The molecule has 0 atom stereocenters. The summed E-state index contributed by atoms with van der Waals surface area (Å²) in [6, 6.07) is 11.7. The van der Waals surface area contributed by atoms with Gasteiger partial charge in [0.2, 0.25) is 5.91 Å². The van der Waals surface area contributed by atoms with Gasteiger partial charge in [-0.25, -0.2) is 9.37 Å². The number of piperazine rings is 1. The number of benzene rings is 2. The van der Waals surface area contributed by atoms with E-state index in [9.17, 15) is 14.0 Å². The fourth-order valence-corrected chi connectivity index (χ4v) is 4.28. The van der Waals surface area contributed by atoms with Crippen molar-refractivity contribution in [3.63, 3.8) is 0 Å². The molecule has 4 rings (SSSR count). The highest BCUT2D eigenvalue weighted by molar-refractivity contribution is 7.22. The number of aromatic nitrogens is 1. The smallest absolute Gasteiger partial charge is 0.256 e. The van der Waals surface area contributed by atoms with E-state index in [-0.39, 0.29) is 23.9 Å². The third-order valence-corrected chi connectivity index (χ3v) is 5.91. The second-order valence-electron chi connectivity index (χ2n) is 6.73. The van der Waals surface area contributed by atoms with Gasteiger partial charge in [0.1, 0.15) is 5.82 Å². The summed E-state index contributed by atoms with van der Waals surface area (Å²) in [7, 11) is 0. The standard InChI is InChI=1S/C20H18ClFN4O2S/c21-13-5-6-15(22)14(11-13)19(28)26-9-7-25(8-10-26)12-18(27)24-20-23-16-3-1-2-4-17(16)29-20/h1-6,11H,7-10,12H2,(H,23,24,27). The highest BCUT2D eigenvalue weighted by Gasteiger charge is 2.25. The van der Waals surface area contributed by atoms with Gasteiger partial charge in [0, 0.05) is 31.2 Å². The predicted octanol–water partition coefficient (Wildman–Crippen LogP) is 3.49. The Bertz CT molecular complexity index is 1030. The van der Waals surface area contributed by atoms with Gasteiger partial charge in [-0.15, -0.1) is 0 Å². The maximum absolute atomic E-state index is 13.9. The van der Waals surface area contributed by atoms with Gasteiger partial charge in [-0.2, -0.15) is 0 Å². The number of fused-ring (bicyclic) bond motifs is 1. The molecule has 9 heteroatoms. The topological polar surface area (TPSA) is 65.5 Å². The van der Waals surface area contributed by atoms with Crippen molar-refractivity contribution in [1.82, 2.24) is 14.8 Å². The largest absolute Gasteiger partial charge is 0.336 e. The van der Waals surface area contributed by atoms with E-state index in [1.807, 2.05) is 29.2 Å². The van der Waals surface area contributed by atoms with Crippen LogP contribution in [-0.4, -0.2) is 59.3 Å². The minimum atomic E-state index is -0.586. The van der Waals surface area contributed by atoms with Crippen LogP contribution in [0.15, 0.2) is 42.5 Å². The van der Waals surface area contributed by atoms with E-state index in [4.69, 9.17) is 11.6 Å². The Balaban J connectivity index is 1.30. The number of nitrogens with one attached hydrogen (secondary N) is 1. The molecule has 1 fully saturated rings. The average molecular weight is 433 g/mol. The summed E-state index contributed by atoms with van der Waals surface area (Å²) in [6.07, 6.45) is 0. The lowest BCUT2D eigenvalue weighted by molar-refractivity contribution is -0.117. The fraction of sp³-hybridized carbons (Fsp3) is 0.250. The molecule has 6 nitrogen and oxygen atoms in total. The lowest BCUT2D eigenvalue weighted by Crippen LogP contribution is -2.50. The van der Waals surface area contributed by atoms with E-state index in [2.05, 4.69) is 10.3 Å². The van der Waals surface area contributed by atoms with Crippen LogP contribution in [0.4, 0.5) is 9.52 Å². The van der Waals surface area contributed by atoms with Crippen molar-refractivity contribution in [1.29, 1.82) is 0 Å². The number of carbonyl (C=O) groups is 2. The first-order valence-electron chi connectivity index (χ1n) is 9.12. The minimum Gasteiger partial charge on any atom is -0.336 e. The summed E-state index contributed by atoms with van der Waals surface area (Å²) in [5, 5.41) is 3.72. The summed E-state index contributed by atoms with van der Waals surface area (Å²) in [4.78, 5) is 32.8. The third-order valence-electron chi connectivity index (χ3n) is 4.73. The normalized spacial score (nSPS) is 14.9. The highest BCUT2D eigenvalue weighted by Crippen LogP contribution is 2.25.